The number of sulfone groups is 1. The molecule has 1 saturated carbocycles. The molecule has 0 bridgehead atoms. The topological polar surface area (TPSA) is 54.4 Å². The van der Waals surface area contributed by atoms with Crippen LogP contribution >= 0.6 is 0 Å². The number of rotatable bonds is 4. The molecule has 118 valence electrons. The molecule has 0 aromatic heterocycles. The molecule has 0 heterocycles. The monoisotopic (exact) mass is 322 g/mol. The predicted octanol–water partition coefficient (Wildman–Crippen LogP) is 3.03. The molecule has 2 rings (SSSR count). The summed E-state index contributed by atoms with van der Waals surface area (Å²) in [7, 11) is -3.78. The zero-order valence-corrected chi connectivity index (χ0v) is 12.1. The Kier molecular flexibility index (Phi) is 4.63. The van der Waals surface area contributed by atoms with Crippen LogP contribution in [0.25, 0.3) is 0 Å². The van der Waals surface area contributed by atoms with Crippen LogP contribution < -0.4 is 0 Å². The van der Waals surface area contributed by atoms with Crippen molar-refractivity contribution in [2.45, 2.75) is 42.9 Å². The van der Waals surface area contributed by atoms with Crippen molar-refractivity contribution < 1.29 is 26.7 Å². The summed E-state index contributed by atoms with van der Waals surface area (Å²) < 4.78 is 61.6. The molecule has 1 atom stereocenters. The molecule has 21 heavy (non-hydrogen) atoms. The molecule has 1 aliphatic carbocycles. The van der Waals surface area contributed by atoms with Gasteiger partial charge < -0.3 is 5.11 Å². The standard InChI is InChI=1S/C14H17F3O3S/c15-14(16,17)11-5-7-12(8-6-11)21(19,20)9-13(18)10-3-1-2-4-10/h5-8,10,13,18H,1-4,9H2. The zero-order chi connectivity index (χ0) is 15.7. The number of halogens is 3. The Balaban J connectivity index is 2.12. The first kappa shape index (κ1) is 16.3. The molecule has 1 fully saturated rings. The van der Waals surface area contributed by atoms with E-state index < -0.39 is 33.4 Å². The number of aliphatic hydroxyl groups is 1. The van der Waals surface area contributed by atoms with Crippen molar-refractivity contribution in [1.29, 1.82) is 0 Å². The highest BCUT2D eigenvalue weighted by molar-refractivity contribution is 7.91. The van der Waals surface area contributed by atoms with Crippen molar-refractivity contribution in [3.8, 4) is 0 Å². The number of aliphatic hydroxyl groups excluding tert-OH is 1. The molecule has 1 unspecified atom stereocenters. The molecule has 3 nitrogen and oxygen atoms in total. The number of alkyl halides is 3. The lowest BCUT2D eigenvalue weighted by molar-refractivity contribution is -0.137. The maximum absolute atomic E-state index is 12.4. The van der Waals surface area contributed by atoms with Gasteiger partial charge in [-0.25, -0.2) is 8.42 Å². The minimum Gasteiger partial charge on any atom is -0.392 e. The lowest BCUT2D eigenvalue weighted by Gasteiger charge is -2.17. The Morgan fingerprint density at radius 3 is 2.14 bits per heavy atom. The summed E-state index contributed by atoms with van der Waals surface area (Å²) in [5, 5.41) is 9.97. The summed E-state index contributed by atoms with van der Waals surface area (Å²) in [5.41, 5.74) is -0.891. The van der Waals surface area contributed by atoms with Gasteiger partial charge in [0.25, 0.3) is 0 Å². The molecule has 0 saturated heterocycles. The Bertz CT molecular complexity index is 572. The van der Waals surface area contributed by atoms with E-state index in [4.69, 9.17) is 0 Å². The van der Waals surface area contributed by atoms with Gasteiger partial charge in [0, 0.05) is 0 Å². The number of hydrogen-bond acceptors (Lipinski definition) is 3. The van der Waals surface area contributed by atoms with Gasteiger partial charge in [0.15, 0.2) is 9.84 Å². The van der Waals surface area contributed by atoms with Crippen molar-refractivity contribution >= 4 is 9.84 Å². The minimum absolute atomic E-state index is 0.0331. The van der Waals surface area contributed by atoms with Crippen LogP contribution in [0.4, 0.5) is 13.2 Å². The van der Waals surface area contributed by atoms with Crippen molar-refractivity contribution in [1.82, 2.24) is 0 Å². The van der Waals surface area contributed by atoms with Gasteiger partial charge in [-0.15, -0.1) is 0 Å². The summed E-state index contributed by atoms with van der Waals surface area (Å²) in [6, 6.07) is 3.38. The van der Waals surface area contributed by atoms with E-state index in [0.717, 1.165) is 49.9 Å². The molecular weight excluding hydrogens is 305 g/mol. The highest BCUT2D eigenvalue weighted by atomic mass is 32.2. The smallest absolute Gasteiger partial charge is 0.392 e. The second-order valence-electron chi connectivity index (χ2n) is 5.42. The first-order valence-corrected chi connectivity index (χ1v) is 8.43. The Hall–Kier alpha value is -1.08. The van der Waals surface area contributed by atoms with Crippen molar-refractivity contribution in [2.24, 2.45) is 5.92 Å². The van der Waals surface area contributed by atoms with Gasteiger partial charge in [-0.3, -0.25) is 0 Å². The number of hydrogen-bond donors (Lipinski definition) is 1. The Morgan fingerprint density at radius 1 is 1.14 bits per heavy atom. The van der Waals surface area contributed by atoms with E-state index in [2.05, 4.69) is 0 Å². The van der Waals surface area contributed by atoms with Gasteiger partial charge in [-0.1, -0.05) is 12.8 Å². The highest BCUT2D eigenvalue weighted by Gasteiger charge is 2.32. The second-order valence-corrected chi connectivity index (χ2v) is 7.45. The third-order valence-electron chi connectivity index (χ3n) is 3.87. The minimum atomic E-state index is -4.49. The van der Waals surface area contributed by atoms with Crippen LogP contribution in [-0.2, 0) is 16.0 Å². The fourth-order valence-electron chi connectivity index (χ4n) is 2.65. The van der Waals surface area contributed by atoms with Crippen molar-refractivity contribution in [3.63, 3.8) is 0 Å². The first-order chi connectivity index (χ1) is 9.70. The maximum atomic E-state index is 12.4. The average molecular weight is 322 g/mol. The Labute approximate surface area is 121 Å². The van der Waals surface area contributed by atoms with Crippen LogP contribution in [0.15, 0.2) is 29.2 Å². The molecule has 1 aromatic rings. The highest BCUT2D eigenvalue weighted by Crippen LogP contribution is 2.31. The van der Waals surface area contributed by atoms with Gasteiger partial charge in [0.2, 0.25) is 0 Å². The lowest BCUT2D eigenvalue weighted by Crippen LogP contribution is -2.27. The number of benzene rings is 1. The SMILES string of the molecule is O=S(=O)(CC(O)C1CCCC1)c1ccc(C(F)(F)F)cc1. The molecule has 7 heteroatoms. The van der Waals surface area contributed by atoms with Crippen molar-refractivity contribution in [3.05, 3.63) is 29.8 Å². The normalized spacial score (nSPS) is 18.9. The van der Waals surface area contributed by atoms with E-state index in [1.165, 1.54) is 0 Å². The zero-order valence-electron chi connectivity index (χ0n) is 11.3. The lowest BCUT2D eigenvalue weighted by atomic mass is 10.0. The van der Waals surface area contributed by atoms with E-state index in [0.29, 0.717) is 0 Å². The quantitative estimate of drug-likeness (QED) is 0.927. The third kappa shape index (κ3) is 3.97. The third-order valence-corrected chi connectivity index (χ3v) is 5.65. The summed E-state index contributed by atoms with van der Waals surface area (Å²) in [5.74, 6) is -0.475. The van der Waals surface area contributed by atoms with Gasteiger partial charge in [-0.2, -0.15) is 13.2 Å². The van der Waals surface area contributed by atoms with Crippen LogP contribution in [-0.4, -0.2) is 25.4 Å². The Morgan fingerprint density at radius 2 is 1.67 bits per heavy atom. The molecule has 1 aromatic carbocycles. The van der Waals surface area contributed by atoms with Crippen LogP contribution in [0.5, 0.6) is 0 Å². The van der Waals surface area contributed by atoms with E-state index >= 15 is 0 Å². The second kappa shape index (κ2) is 5.96. The summed E-state index contributed by atoms with van der Waals surface area (Å²) in [4.78, 5) is -0.187. The fourth-order valence-corrected chi connectivity index (χ4v) is 4.12. The van der Waals surface area contributed by atoms with Crippen LogP contribution in [0.3, 0.4) is 0 Å². The summed E-state index contributed by atoms with van der Waals surface area (Å²) in [6.07, 6.45) is -1.91. The fraction of sp³-hybridized carbons (Fsp3) is 0.571. The van der Waals surface area contributed by atoms with E-state index in [9.17, 15) is 26.7 Å². The molecule has 1 N–H and O–H groups in total. The molecule has 0 amide bonds. The largest absolute Gasteiger partial charge is 0.416 e. The van der Waals surface area contributed by atoms with Gasteiger partial charge >= 0.3 is 6.18 Å². The molecule has 0 spiro atoms. The molecule has 1 aliphatic rings. The van der Waals surface area contributed by atoms with Crippen LogP contribution in [0.1, 0.15) is 31.2 Å². The van der Waals surface area contributed by atoms with Crippen LogP contribution in [0.2, 0.25) is 0 Å². The van der Waals surface area contributed by atoms with Crippen LogP contribution in [0, 0.1) is 5.92 Å². The average Bonchev–Trinajstić information content (AvgIpc) is 2.91. The van der Waals surface area contributed by atoms with E-state index in [1.807, 2.05) is 0 Å². The van der Waals surface area contributed by atoms with Crippen molar-refractivity contribution in [2.75, 3.05) is 5.75 Å². The van der Waals surface area contributed by atoms with E-state index in [-0.39, 0.29) is 10.8 Å². The predicted molar refractivity (Wildman–Crippen MR) is 71.5 cm³/mol. The molecular formula is C14H17F3O3S. The molecule has 0 radical (unpaired) electrons. The van der Waals surface area contributed by atoms with Gasteiger partial charge in [0.1, 0.15) is 0 Å². The first-order valence-electron chi connectivity index (χ1n) is 6.78. The summed E-state index contributed by atoms with van der Waals surface area (Å²) in [6.45, 7) is 0. The summed E-state index contributed by atoms with van der Waals surface area (Å²) >= 11 is 0. The van der Waals surface area contributed by atoms with Gasteiger partial charge in [0.05, 0.1) is 22.3 Å². The van der Waals surface area contributed by atoms with E-state index in [1.54, 1.807) is 0 Å². The van der Waals surface area contributed by atoms with Gasteiger partial charge in [-0.05, 0) is 43.0 Å². The molecule has 0 aliphatic heterocycles. The maximum Gasteiger partial charge on any atom is 0.416 e.